The number of benzene rings is 2. The minimum Gasteiger partial charge on any atom is -0.451 e. The number of furan rings is 1. The number of carbonyl (C=O) groups is 1. The first-order chi connectivity index (χ1) is 12.4. The molecule has 0 bridgehead atoms. The van der Waals surface area contributed by atoms with Crippen molar-refractivity contribution in [2.45, 2.75) is 18.4 Å². The highest BCUT2D eigenvalue weighted by molar-refractivity contribution is 7.90. The van der Waals surface area contributed by atoms with Crippen LogP contribution in [-0.2, 0) is 21.2 Å². The highest BCUT2D eigenvalue weighted by atomic mass is 32.2. The second kappa shape index (κ2) is 7.31. The van der Waals surface area contributed by atoms with Crippen LogP contribution in [0.3, 0.4) is 0 Å². The molecular formula is C19H19NO5S. The van der Waals surface area contributed by atoms with Crippen molar-refractivity contribution in [2.75, 3.05) is 18.2 Å². The monoisotopic (exact) mass is 373 g/mol. The molecule has 3 rings (SSSR count). The van der Waals surface area contributed by atoms with Crippen LogP contribution in [0.5, 0.6) is 0 Å². The Kier molecular flexibility index (Phi) is 5.11. The van der Waals surface area contributed by atoms with Crippen LogP contribution in [0.4, 0.5) is 5.69 Å². The predicted molar refractivity (Wildman–Crippen MR) is 99.0 cm³/mol. The maximum atomic E-state index is 12.7. The fraction of sp³-hybridized carbons (Fsp3) is 0.211. The zero-order valence-electron chi connectivity index (χ0n) is 14.5. The van der Waals surface area contributed by atoms with Gasteiger partial charge in [0.2, 0.25) is 0 Å². The number of rotatable bonds is 6. The number of ether oxygens (including phenoxy) is 1. The Morgan fingerprint density at radius 3 is 2.46 bits per heavy atom. The molecule has 7 heteroatoms. The van der Waals surface area contributed by atoms with Crippen molar-refractivity contribution in [3.63, 3.8) is 0 Å². The maximum absolute atomic E-state index is 12.7. The van der Waals surface area contributed by atoms with Gasteiger partial charge in [-0.2, -0.15) is 0 Å². The standard InChI is InChI=1S/C19H19NO5S/c1-3-24-12-16-15-6-4-5-7-17(15)25-18(16)19(21)20-13-8-10-14(11-9-13)26(2,22)23/h4-11H,3,12H2,1-2H3,(H,20,21). The molecule has 2 aromatic carbocycles. The average Bonchev–Trinajstić information content (AvgIpc) is 2.98. The van der Waals surface area contributed by atoms with Crippen LogP contribution >= 0.6 is 0 Å². The maximum Gasteiger partial charge on any atom is 0.291 e. The number of nitrogens with one attached hydrogen (secondary N) is 1. The smallest absolute Gasteiger partial charge is 0.291 e. The Morgan fingerprint density at radius 1 is 1.12 bits per heavy atom. The number of carbonyl (C=O) groups excluding carboxylic acids is 1. The van der Waals surface area contributed by atoms with E-state index >= 15 is 0 Å². The van der Waals surface area contributed by atoms with Crippen LogP contribution in [-0.4, -0.2) is 27.2 Å². The van der Waals surface area contributed by atoms with Gasteiger partial charge in [0, 0.05) is 29.5 Å². The summed E-state index contributed by atoms with van der Waals surface area (Å²) in [5.74, 6) is -0.227. The molecule has 0 atom stereocenters. The SMILES string of the molecule is CCOCc1c(C(=O)Nc2ccc(S(C)(=O)=O)cc2)oc2ccccc12. The normalized spacial score (nSPS) is 11.6. The number of hydrogen-bond donors (Lipinski definition) is 1. The molecule has 26 heavy (non-hydrogen) atoms. The van der Waals surface area contributed by atoms with Crippen molar-refractivity contribution in [1.29, 1.82) is 0 Å². The lowest BCUT2D eigenvalue weighted by Crippen LogP contribution is -2.13. The number of amides is 1. The van der Waals surface area contributed by atoms with Gasteiger partial charge in [-0.05, 0) is 37.3 Å². The van der Waals surface area contributed by atoms with E-state index in [1.165, 1.54) is 12.1 Å². The van der Waals surface area contributed by atoms with Gasteiger partial charge in [-0.1, -0.05) is 18.2 Å². The van der Waals surface area contributed by atoms with Crippen LogP contribution in [0, 0.1) is 0 Å². The first kappa shape index (κ1) is 18.2. The van der Waals surface area contributed by atoms with E-state index in [-0.39, 0.29) is 17.3 Å². The van der Waals surface area contributed by atoms with E-state index in [9.17, 15) is 13.2 Å². The Morgan fingerprint density at radius 2 is 1.81 bits per heavy atom. The van der Waals surface area contributed by atoms with Gasteiger partial charge in [0.15, 0.2) is 15.6 Å². The molecule has 0 aliphatic carbocycles. The summed E-state index contributed by atoms with van der Waals surface area (Å²) < 4.78 is 34.2. The topological polar surface area (TPSA) is 85.6 Å². The minimum atomic E-state index is -3.28. The lowest BCUT2D eigenvalue weighted by molar-refractivity contribution is 0.0984. The van der Waals surface area contributed by atoms with Gasteiger partial charge in [0.1, 0.15) is 5.58 Å². The molecule has 0 saturated carbocycles. The molecule has 1 aromatic heterocycles. The van der Waals surface area contributed by atoms with Crippen molar-refractivity contribution in [2.24, 2.45) is 0 Å². The Hall–Kier alpha value is -2.64. The second-order valence-corrected chi connectivity index (χ2v) is 7.81. The molecule has 1 N–H and O–H groups in total. The van der Waals surface area contributed by atoms with Gasteiger partial charge < -0.3 is 14.5 Å². The molecule has 0 saturated heterocycles. The van der Waals surface area contributed by atoms with Crippen LogP contribution in [0.25, 0.3) is 11.0 Å². The first-order valence-corrected chi connectivity index (χ1v) is 9.99. The summed E-state index contributed by atoms with van der Waals surface area (Å²) in [6, 6.07) is 13.4. The molecule has 6 nitrogen and oxygen atoms in total. The van der Waals surface area contributed by atoms with E-state index in [1.54, 1.807) is 18.2 Å². The Bertz CT molecular complexity index is 1040. The molecule has 0 radical (unpaired) electrons. The van der Waals surface area contributed by atoms with Gasteiger partial charge in [-0.3, -0.25) is 4.79 Å². The number of hydrogen-bond acceptors (Lipinski definition) is 5. The van der Waals surface area contributed by atoms with Gasteiger partial charge in [0.25, 0.3) is 5.91 Å². The number of anilines is 1. The molecule has 1 amide bonds. The highest BCUT2D eigenvalue weighted by Crippen LogP contribution is 2.27. The second-order valence-electron chi connectivity index (χ2n) is 5.79. The largest absolute Gasteiger partial charge is 0.451 e. The Labute approximate surface area is 151 Å². The van der Waals surface area contributed by atoms with Crippen LogP contribution in [0.2, 0.25) is 0 Å². The van der Waals surface area contributed by atoms with Crippen molar-refractivity contribution in [1.82, 2.24) is 0 Å². The molecular weight excluding hydrogens is 354 g/mol. The van der Waals surface area contributed by atoms with E-state index in [4.69, 9.17) is 9.15 Å². The fourth-order valence-electron chi connectivity index (χ4n) is 2.60. The Balaban J connectivity index is 1.90. The van der Waals surface area contributed by atoms with Gasteiger partial charge in [0.05, 0.1) is 11.5 Å². The summed E-state index contributed by atoms with van der Waals surface area (Å²) in [5, 5.41) is 3.56. The molecule has 0 aliphatic heterocycles. The summed E-state index contributed by atoms with van der Waals surface area (Å²) in [6.07, 6.45) is 1.13. The lowest BCUT2D eigenvalue weighted by Gasteiger charge is -2.06. The van der Waals surface area contributed by atoms with Gasteiger partial charge in [-0.15, -0.1) is 0 Å². The average molecular weight is 373 g/mol. The summed E-state index contributed by atoms with van der Waals surface area (Å²) in [6.45, 7) is 2.67. The molecule has 0 spiro atoms. The number of fused-ring (bicyclic) bond motifs is 1. The van der Waals surface area contributed by atoms with Gasteiger partial charge in [-0.25, -0.2) is 8.42 Å². The van der Waals surface area contributed by atoms with Crippen LogP contribution < -0.4 is 5.32 Å². The molecule has 0 fully saturated rings. The molecule has 0 unspecified atom stereocenters. The third-order valence-electron chi connectivity index (χ3n) is 3.90. The zero-order valence-corrected chi connectivity index (χ0v) is 15.3. The van der Waals surface area contributed by atoms with E-state index < -0.39 is 15.7 Å². The predicted octanol–water partition coefficient (Wildman–Crippen LogP) is 3.63. The van der Waals surface area contributed by atoms with Crippen LogP contribution in [0.15, 0.2) is 57.8 Å². The first-order valence-electron chi connectivity index (χ1n) is 8.09. The number of para-hydroxylation sites is 1. The van der Waals surface area contributed by atoms with E-state index in [0.29, 0.717) is 23.4 Å². The van der Waals surface area contributed by atoms with E-state index in [1.807, 2.05) is 25.1 Å². The quantitative estimate of drug-likeness (QED) is 0.713. The van der Waals surface area contributed by atoms with Crippen LogP contribution in [0.1, 0.15) is 23.0 Å². The third kappa shape index (κ3) is 3.79. The summed E-state index contributed by atoms with van der Waals surface area (Å²) >= 11 is 0. The van der Waals surface area contributed by atoms with Crippen molar-refractivity contribution in [3.8, 4) is 0 Å². The number of sulfone groups is 1. The molecule has 0 aliphatic rings. The van der Waals surface area contributed by atoms with Crippen molar-refractivity contribution >= 4 is 32.4 Å². The fourth-order valence-corrected chi connectivity index (χ4v) is 3.23. The lowest BCUT2D eigenvalue weighted by atomic mass is 10.1. The summed E-state index contributed by atoms with van der Waals surface area (Å²) in [4.78, 5) is 12.9. The third-order valence-corrected chi connectivity index (χ3v) is 5.02. The molecule has 3 aromatic rings. The summed E-state index contributed by atoms with van der Waals surface area (Å²) in [5.41, 5.74) is 1.78. The van der Waals surface area contributed by atoms with E-state index in [0.717, 1.165) is 11.6 Å². The summed E-state index contributed by atoms with van der Waals surface area (Å²) in [7, 11) is -3.28. The molecule has 136 valence electrons. The van der Waals surface area contributed by atoms with Crippen molar-refractivity contribution < 1.29 is 22.4 Å². The van der Waals surface area contributed by atoms with E-state index in [2.05, 4.69) is 5.32 Å². The van der Waals surface area contributed by atoms with Gasteiger partial charge >= 0.3 is 0 Å². The highest BCUT2D eigenvalue weighted by Gasteiger charge is 2.20. The molecule has 1 heterocycles. The minimum absolute atomic E-state index is 0.187. The zero-order chi connectivity index (χ0) is 18.7. The van der Waals surface area contributed by atoms with Crippen molar-refractivity contribution in [3.05, 3.63) is 59.9 Å².